The van der Waals surface area contributed by atoms with Crippen molar-refractivity contribution < 1.29 is 23.4 Å². The number of nitrogens with zero attached hydrogens (tertiary/aromatic N) is 1. The van der Waals surface area contributed by atoms with Crippen LogP contribution in [0.4, 0.5) is 4.39 Å². The fraction of sp³-hybridized carbons (Fsp3) is 0.200. The Labute approximate surface area is 151 Å². The average Bonchev–Trinajstić information content (AvgIpc) is 2.66. The van der Waals surface area contributed by atoms with Crippen LogP contribution in [0.25, 0.3) is 6.08 Å². The second-order valence-electron chi connectivity index (χ2n) is 5.09. The standard InChI is InChI=1S/C20H18FNO4/c1-2-24-17-9-7-15(8-10-17)13-16(14-22)20(23)26-12-11-25-19-6-4-3-5-18(19)21/h3-10,13H,2,11-12H2,1H3/b16-13+. The lowest BCUT2D eigenvalue weighted by Crippen LogP contribution is -2.13. The summed E-state index contributed by atoms with van der Waals surface area (Å²) in [5, 5.41) is 9.14. The molecule has 0 spiro atoms. The van der Waals surface area contributed by atoms with E-state index in [9.17, 15) is 9.18 Å². The number of rotatable bonds is 8. The van der Waals surface area contributed by atoms with Crippen LogP contribution in [-0.4, -0.2) is 25.8 Å². The van der Waals surface area contributed by atoms with E-state index in [0.29, 0.717) is 17.9 Å². The third kappa shape index (κ3) is 5.64. The van der Waals surface area contributed by atoms with E-state index in [1.54, 1.807) is 36.4 Å². The van der Waals surface area contributed by atoms with Crippen LogP contribution in [-0.2, 0) is 9.53 Å². The minimum atomic E-state index is -0.765. The van der Waals surface area contributed by atoms with Gasteiger partial charge >= 0.3 is 5.97 Å². The number of benzene rings is 2. The van der Waals surface area contributed by atoms with Crippen LogP contribution in [0.5, 0.6) is 11.5 Å². The molecular formula is C20H18FNO4. The second kappa shape index (κ2) is 9.84. The molecule has 0 amide bonds. The molecule has 2 rings (SSSR count). The normalized spacial score (nSPS) is 10.7. The van der Waals surface area contributed by atoms with Gasteiger partial charge in [-0.3, -0.25) is 0 Å². The Hall–Kier alpha value is -3.33. The van der Waals surface area contributed by atoms with Gasteiger partial charge in [-0.15, -0.1) is 0 Å². The van der Waals surface area contributed by atoms with E-state index < -0.39 is 11.8 Å². The Morgan fingerprint density at radius 2 is 1.85 bits per heavy atom. The molecule has 0 bridgehead atoms. The van der Waals surface area contributed by atoms with Crippen molar-refractivity contribution >= 4 is 12.0 Å². The molecule has 0 atom stereocenters. The molecule has 0 saturated heterocycles. The van der Waals surface area contributed by atoms with Crippen molar-refractivity contribution in [1.82, 2.24) is 0 Å². The Morgan fingerprint density at radius 1 is 1.12 bits per heavy atom. The molecule has 0 saturated carbocycles. The average molecular weight is 355 g/mol. The first-order valence-corrected chi connectivity index (χ1v) is 8.03. The first kappa shape index (κ1) is 19.0. The Balaban J connectivity index is 1.88. The molecule has 0 N–H and O–H groups in total. The van der Waals surface area contributed by atoms with E-state index in [1.807, 2.05) is 13.0 Å². The molecule has 6 heteroatoms. The second-order valence-corrected chi connectivity index (χ2v) is 5.09. The van der Waals surface area contributed by atoms with Gasteiger partial charge in [0.05, 0.1) is 6.61 Å². The van der Waals surface area contributed by atoms with E-state index in [1.165, 1.54) is 18.2 Å². The maximum Gasteiger partial charge on any atom is 0.349 e. The number of halogens is 1. The zero-order valence-electron chi connectivity index (χ0n) is 14.3. The maximum absolute atomic E-state index is 13.4. The third-order valence-electron chi connectivity index (χ3n) is 3.25. The molecule has 0 fully saturated rings. The van der Waals surface area contributed by atoms with Crippen molar-refractivity contribution in [2.45, 2.75) is 6.92 Å². The molecule has 0 aromatic heterocycles. The van der Waals surface area contributed by atoms with Gasteiger partial charge < -0.3 is 14.2 Å². The van der Waals surface area contributed by atoms with Crippen molar-refractivity contribution in [3.8, 4) is 17.6 Å². The Kier molecular flexibility index (Phi) is 7.19. The zero-order valence-corrected chi connectivity index (χ0v) is 14.3. The lowest BCUT2D eigenvalue weighted by Gasteiger charge is -2.07. The summed E-state index contributed by atoms with van der Waals surface area (Å²) in [6, 6.07) is 14.7. The van der Waals surface area contributed by atoms with Gasteiger partial charge in [-0.2, -0.15) is 5.26 Å². The lowest BCUT2D eigenvalue weighted by atomic mass is 10.1. The molecule has 0 heterocycles. The summed E-state index contributed by atoms with van der Waals surface area (Å²) >= 11 is 0. The highest BCUT2D eigenvalue weighted by Gasteiger charge is 2.11. The van der Waals surface area contributed by atoms with Crippen LogP contribution in [0.1, 0.15) is 12.5 Å². The molecular weight excluding hydrogens is 337 g/mol. The summed E-state index contributed by atoms with van der Waals surface area (Å²) in [6.45, 7) is 2.32. The van der Waals surface area contributed by atoms with E-state index in [0.717, 1.165) is 0 Å². The highest BCUT2D eigenvalue weighted by Crippen LogP contribution is 2.16. The van der Waals surface area contributed by atoms with E-state index in [-0.39, 0.29) is 24.5 Å². The maximum atomic E-state index is 13.4. The van der Waals surface area contributed by atoms with E-state index >= 15 is 0 Å². The summed E-state index contributed by atoms with van der Waals surface area (Å²) in [6.07, 6.45) is 1.43. The SMILES string of the molecule is CCOc1ccc(/C=C(\C#N)C(=O)OCCOc2ccccc2F)cc1. The van der Waals surface area contributed by atoms with Crippen molar-refractivity contribution in [2.75, 3.05) is 19.8 Å². The smallest absolute Gasteiger partial charge is 0.349 e. The number of hydrogen-bond donors (Lipinski definition) is 0. The van der Waals surface area contributed by atoms with Gasteiger partial charge in [0.2, 0.25) is 0 Å². The van der Waals surface area contributed by atoms with Crippen molar-refractivity contribution in [3.05, 3.63) is 65.5 Å². The molecule has 5 nitrogen and oxygen atoms in total. The van der Waals surface area contributed by atoms with Crippen LogP contribution in [0.15, 0.2) is 54.1 Å². The summed E-state index contributed by atoms with van der Waals surface area (Å²) in [7, 11) is 0. The molecule has 2 aromatic carbocycles. The number of ether oxygens (including phenoxy) is 3. The monoisotopic (exact) mass is 355 g/mol. The molecule has 0 aliphatic heterocycles. The van der Waals surface area contributed by atoms with E-state index in [4.69, 9.17) is 19.5 Å². The molecule has 134 valence electrons. The molecule has 0 radical (unpaired) electrons. The van der Waals surface area contributed by atoms with Crippen LogP contribution in [0.3, 0.4) is 0 Å². The number of hydrogen-bond acceptors (Lipinski definition) is 5. The number of carbonyl (C=O) groups excluding carboxylic acids is 1. The molecule has 0 aliphatic carbocycles. The number of para-hydroxylation sites is 1. The summed E-state index contributed by atoms with van der Waals surface area (Å²) in [5.41, 5.74) is 0.532. The topological polar surface area (TPSA) is 68.5 Å². The zero-order chi connectivity index (χ0) is 18.8. The highest BCUT2D eigenvalue weighted by molar-refractivity contribution is 5.97. The van der Waals surface area contributed by atoms with Crippen molar-refractivity contribution in [1.29, 1.82) is 5.26 Å². The number of esters is 1. The summed E-state index contributed by atoms with van der Waals surface area (Å²) in [4.78, 5) is 12.0. The quantitative estimate of drug-likeness (QED) is 0.312. The predicted molar refractivity (Wildman–Crippen MR) is 94.1 cm³/mol. The Morgan fingerprint density at radius 3 is 2.50 bits per heavy atom. The number of nitriles is 1. The number of carbonyl (C=O) groups is 1. The summed E-state index contributed by atoms with van der Waals surface area (Å²) in [5.74, 6) is -0.476. The minimum absolute atomic E-state index is 0.0194. The van der Waals surface area contributed by atoms with Gasteiger partial charge in [-0.1, -0.05) is 24.3 Å². The van der Waals surface area contributed by atoms with Crippen LogP contribution in [0.2, 0.25) is 0 Å². The van der Waals surface area contributed by atoms with Crippen LogP contribution in [0, 0.1) is 17.1 Å². The highest BCUT2D eigenvalue weighted by atomic mass is 19.1. The van der Waals surface area contributed by atoms with Gasteiger partial charge in [0.15, 0.2) is 11.6 Å². The van der Waals surface area contributed by atoms with Crippen molar-refractivity contribution in [2.24, 2.45) is 0 Å². The molecule has 0 unspecified atom stereocenters. The molecule has 2 aromatic rings. The van der Waals surface area contributed by atoms with Gasteiger partial charge in [0.25, 0.3) is 0 Å². The fourth-order valence-electron chi connectivity index (χ4n) is 2.06. The van der Waals surface area contributed by atoms with E-state index in [2.05, 4.69) is 0 Å². The Bertz CT molecular complexity index is 809. The third-order valence-corrected chi connectivity index (χ3v) is 3.25. The van der Waals surface area contributed by atoms with Crippen molar-refractivity contribution in [3.63, 3.8) is 0 Å². The lowest BCUT2D eigenvalue weighted by molar-refractivity contribution is -0.139. The van der Waals surface area contributed by atoms with Gasteiger partial charge in [0, 0.05) is 0 Å². The largest absolute Gasteiger partial charge is 0.494 e. The predicted octanol–water partition coefficient (Wildman–Crippen LogP) is 3.75. The fourth-order valence-corrected chi connectivity index (χ4v) is 2.06. The van der Waals surface area contributed by atoms with Crippen LogP contribution < -0.4 is 9.47 Å². The first-order chi connectivity index (χ1) is 12.6. The van der Waals surface area contributed by atoms with Gasteiger partial charge in [0.1, 0.15) is 30.6 Å². The molecule has 0 aliphatic rings. The first-order valence-electron chi connectivity index (χ1n) is 8.03. The van der Waals surface area contributed by atoms with Gasteiger partial charge in [-0.05, 0) is 42.8 Å². The van der Waals surface area contributed by atoms with Crippen LogP contribution >= 0.6 is 0 Å². The summed E-state index contributed by atoms with van der Waals surface area (Å²) < 4.78 is 28.9. The van der Waals surface area contributed by atoms with Gasteiger partial charge in [-0.25, -0.2) is 9.18 Å². The molecule has 26 heavy (non-hydrogen) atoms. The minimum Gasteiger partial charge on any atom is -0.494 e.